The number of rotatable bonds is 8. The van der Waals surface area contributed by atoms with Crippen LogP contribution in [0.4, 0.5) is 0 Å². The lowest BCUT2D eigenvalue weighted by atomic mass is 10.1. The van der Waals surface area contributed by atoms with Gasteiger partial charge < -0.3 is 14.3 Å². The normalized spacial score (nSPS) is 13.8. The Kier molecular flexibility index (Phi) is 4.89. The quantitative estimate of drug-likeness (QED) is 0.635. The predicted molar refractivity (Wildman–Crippen MR) is 99.8 cm³/mol. The minimum atomic E-state index is -0.168. The molecule has 3 aromatic heterocycles. The monoisotopic (exact) mass is 385 g/mol. The fourth-order valence-corrected chi connectivity index (χ4v) is 3.29. The molecule has 148 valence electrons. The molecule has 28 heavy (non-hydrogen) atoms. The van der Waals surface area contributed by atoms with Crippen LogP contribution >= 0.6 is 0 Å². The molecule has 0 saturated heterocycles. The number of carbonyl (C=O) groups excluding carboxylic acids is 1. The Hall–Kier alpha value is -3.10. The van der Waals surface area contributed by atoms with Crippen molar-refractivity contribution in [3.63, 3.8) is 0 Å². The lowest BCUT2D eigenvalue weighted by Gasteiger charge is -2.05. The largest absolute Gasteiger partial charge is 0.461 e. The molecule has 4 rings (SSSR count). The lowest BCUT2D eigenvalue weighted by molar-refractivity contribution is -0.121. The van der Waals surface area contributed by atoms with Gasteiger partial charge in [0.25, 0.3) is 0 Å². The molecular weight excluding hydrogens is 362 g/mol. The van der Waals surface area contributed by atoms with Gasteiger partial charge in [0, 0.05) is 24.6 Å². The van der Waals surface area contributed by atoms with Crippen molar-refractivity contribution < 1.29 is 13.7 Å². The van der Waals surface area contributed by atoms with E-state index < -0.39 is 0 Å². The summed E-state index contributed by atoms with van der Waals surface area (Å²) in [6.07, 6.45) is 4.42. The average Bonchev–Trinajstić information content (AvgIpc) is 3.10. The van der Waals surface area contributed by atoms with Crippen molar-refractivity contribution in [3.05, 3.63) is 45.9 Å². The second kappa shape index (κ2) is 7.49. The summed E-state index contributed by atoms with van der Waals surface area (Å²) in [7, 11) is 0. The van der Waals surface area contributed by atoms with Crippen LogP contribution in [0.5, 0.6) is 0 Å². The molecule has 0 aliphatic heterocycles. The molecule has 1 aliphatic carbocycles. The van der Waals surface area contributed by atoms with Crippen LogP contribution in [0.2, 0.25) is 0 Å². The Morgan fingerprint density at radius 3 is 2.82 bits per heavy atom. The van der Waals surface area contributed by atoms with Gasteiger partial charge in [-0.05, 0) is 45.2 Å². The van der Waals surface area contributed by atoms with Gasteiger partial charge in [0.1, 0.15) is 5.76 Å². The second-order valence-electron chi connectivity index (χ2n) is 7.06. The van der Waals surface area contributed by atoms with E-state index in [1.54, 1.807) is 23.0 Å². The first-order valence-electron chi connectivity index (χ1n) is 9.46. The standard InChI is InChI=1S/C19H23N5O4/c1-12-15(13(2)28-22-12)7-8-17(25)20-9-10-23-19(26)24(14-5-6-14)18(21-23)16-4-3-11-27-16/h3-4,11,14H,5-10H2,1-2H3,(H,20,25). The molecule has 0 aromatic carbocycles. The van der Waals surface area contributed by atoms with E-state index in [1.165, 1.54) is 4.68 Å². The summed E-state index contributed by atoms with van der Waals surface area (Å²) in [6, 6.07) is 3.75. The van der Waals surface area contributed by atoms with E-state index in [1.807, 2.05) is 13.8 Å². The molecule has 3 heterocycles. The fourth-order valence-electron chi connectivity index (χ4n) is 3.29. The Morgan fingerprint density at radius 2 is 2.18 bits per heavy atom. The van der Waals surface area contributed by atoms with Crippen LogP contribution in [0.1, 0.15) is 42.3 Å². The number of carbonyl (C=O) groups is 1. The Labute approximate surface area is 161 Å². The summed E-state index contributed by atoms with van der Waals surface area (Å²) < 4.78 is 13.6. The van der Waals surface area contributed by atoms with Gasteiger partial charge in [0.15, 0.2) is 5.76 Å². The van der Waals surface area contributed by atoms with E-state index in [0.29, 0.717) is 37.5 Å². The highest BCUT2D eigenvalue weighted by Crippen LogP contribution is 2.36. The first kappa shape index (κ1) is 18.3. The molecule has 9 nitrogen and oxygen atoms in total. The van der Waals surface area contributed by atoms with Crippen LogP contribution in [0.15, 0.2) is 32.1 Å². The van der Waals surface area contributed by atoms with Gasteiger partial charge in [0.05, 0.1) is 18.5 Å². The maximum absolute atomic E-state index is 12.7. The van der Waals surface area contributed by atoms with Gasteiger partial charge in [-0.3, -0.25) is 9.36 Å². The lowest BCUT2D eigenvalue weighted by Crippen LogP contribution is -2.32. The van der Waals surface area contributed by atoms with Crippen molar-refractivity contribution in [2.24, 2.45) is 0 Å². The number of furan rings is 1. The predicted octanol–water partition coefficient (Wildman–Crippen LogP) is 1.99. The minimum absolute atomic E-state index is 0.0825. The van der Waals surface area contributed by atoms with Crippen molar-refractivity contribution in [2.45, 2.75) is 52.1 Å². The molecule has 9 heteroatoms. The molecule has 1 fully saturated rings. The molecule has 0 unspecified atom stereocenters. The van der Waals surface area contributed by atoms with Crippen molar-refractivity contribution in [2.75, 3.05) is 6.54 Å². The number of hydrogen-bond acceptors (Lipinski definition) is 6. The van der Waals surface area contributed by atoms with Gasteiger partial charge in [0.2, 0.25) is 11.7 Å². The van der Waals surface area contributed by atoms with Crippen LogP contribution < -0.4 is 11.0 Å². The number of aromatic nitrogens is 4. The fraction of sp³-hybridized carbons (Fsp3) is 0.474. The SMILES string of the molecule is Cc1noc(C)c1CCC(=O)NCCn1nc(-c2ccco2)n(C2CC2)c1=O. The third-order valence-electron chi connectivity index (χ3n) is 4.95. The number of amides is 1. The number of aryl methyl sites for hydroxylation is 2. The van der Waals surface area contributed by atoms with E-state index in [2.05, 4.69) is 15.6 Å². The summed E-state index contributed by atoms with van der Waals surface area (Å²) in [5.74, 6) is 1.78. The topological polar surface area (TPSA) is 108 Å². The van der Waals surface area contributed by atoms with Gasteiger partial charge in [-0.1, -0.05) is 5.16 Å². The summed E-state index contributed by atoms with van der Waals surface area (Å²) in [5, 5.41) is 11.2. The average molecular weight is 385 g/mol. The third-order valence-corrected chi connectivity index (χ3v) is 4.95. The van der Waals surface area contributed by atoms with Crippen LogP contribution in [-0.4, -0.2) is 32.0 Å². The van der Waals surface area contributed by atoms with E-state index in [-0.39, 0.29) is 17.6 Å². The van der Waals surface area contributed by atoms with Crippen molar-refractivity contribution in [1.82, 2.24) is 24.8 Å². The number of nitrogens with one attached hydrogen (secondary N) is 1. The minimum Gasteiger partial charge on any atom is -0.461 e. The van der Waals surface area contributed by atoms with Crippen LogP contribution in [0.25, 0.3) is 11.6 Å². The van der Waals surface area contributed by atoms with Gasteiger partial charge >= 0.3 is 5.69 Å². The van der Waals surface area contributed by atoms with Gasteiger partial charge in [-0.25, -0.2) is 9.48 Å². The van der Waals surface area contributed by atoms with Gasteiger partial charge in [-0.15, -0.1) is 5.10 Å². The van der Waals surface area contributed by atoms with E-state index in [9.17, 15) is 9.59 Å². The maximum Gasteiger partial charge on any atom is 0.346 e. The highest BCUT2D eigenvalue weighted by molar-refractivity contribution is 5.76. The zero-order valence-electron chi connectivity index (χ0n) is 16.0. The van der Waals surface area contributed by atoms with Crippen molar-refractivity contribution in [1.29, 1.82) is 0 Å². The summed E-state index contributed by atoms with van der Waals surface area (Å²) in [6.45, 7) is 4.35. The molecule has 1 aliphatic rings. The molecule has 1 N–H and O–H groups in total. The molecule has 0 radical (unpaired) electrons. The Morgan fingerprint density at radius 1 is 1.36 bits per heavy atom. The number of hydrogen-bond donors (Lipinski definition) is 1. The first-order chi connectivity index (χ1) is 13.5. The van der Waals surface area contributed by atoms with E-state index in [4.69, 9.17) is 8.94 Å². The molecule has 1 amide bonds. The van der Waals surface area contributed by atoms with Crippen molar-refractivity contribution >= 4 is 5.91 Å². The molecule has 0 atom stereocenters. The second-order valence-corrected chi connectivity index (χ2v) is 7.06. The Balaban J connectivity index is 1.36. The van der Waals surface area contributed by atoms with Crippen LogP contribution in [0, 0.1) is 13.8 Å². The number of nitrogens with zero attached hydrogens (tertiary/aromatic N) is 4. The zero-order chi connectivity index (χ0) is 19.7. The highest BCUT2D eigenvalue weighted by atomic mass is 16.5. The molecular formula is C19H23N5O4. The third kappa shape index (κ3) is 3.64. The van der Waals surface area contributed by atoms with Gasteiger partial charge in [-0.2, -0.15) is 0 Å². The van der Waals surface area contributed by atoms with Crippen LogP contribution in [0.3, 0.4) is 0 Å². The van der Waals surface area contributed by atoms with Crippen molar-refractivity contribution in [3.8, 4) is 11.6 Å². The molecule has 1 saturated carbocycles. The molecule has 0 spiro atoms. The molecule has 3 aromatic rings. The smallest absolute Gasteiger partial charge is 0.346 e. The van der Waals surface area contributed by atoms with E-state index in [0.717, 1.165) is 29.9 Å². The summed E-state index contributed by atoms with van der Waals surface area (Å²) >= 11 is 0. The highest BCUT2D eigenvalue weighted by Gasteiger charge is 2.31. The Bertz CT molecular complexity index is 1000. The maximum atomic E-state index is 12.7. The van der Waals surface area contributed by atoms with E-state index >= 15 is 0 Å². The summed E-state index contributed by atoms with van der Waals surface area (Å²) in [5.41, 5.74) is 1.62. The first-order valence-corrected chi connectivity index (χ1v) is 9.46. The van der Waals surface area contributed by atoms with Crippen LogP contribution in [-0.2, 0) is 17.8 Å². The molecule has 0 bridgehead atoms. The summed E-state index contributed by atoms with van der Waals surface area (Å²) in [4.78, 5) is 24.8. The zero-order valence-corrected chi connectivity index (χ0v) is 16.0.